The Labute approximate surface area is 136 Å². The van der Waals surface area contributed by atoms with Gasteiger partial charge in [0.15, 0.2) is 0 Å². The summed E-state index contributed by atoms with van der Waals surface area (Å²) < 4.78 is 5.01. The fourth-order valence-corrected chi connectivity index (χ4v) is 2.35. The van der Waals surface area contributed by atoms with Crippen LogP contribution in [0.4, 0.5) is 0 Å². The summed E-state index contributed by atoms with van der Waals surface area (Å²) in [6.07, 6.45) is 0.736. The van der Waals surface area contributed by atoms with E-state index in [9.17, 15) is 9.59 Å². The van der Waals surface area contributed by atoms with Crippen molar-refractivity contribution in [2.45, 2.75) is 25.8 Å². The van der Waals surface area contributed by atoms with E-state index in [1.165, 1.54) is 0 Å². The van der Waals surface area contributed by atoms with Crippen molar-refractivity contribution in [2.75, 3.05) is 6.61 Å². The standard InChI is InChI=1S/C19H21NO3/c1-2-23-18(21)14-17(13-15-9-5-3-6-10-15)20-19(22)16-11-7-4-8-12-16/h3-12,17H,2,13-14H2,1H3,(H,20,22). The average Bonchev–Trinajstić information content (AvgIpc) is 2.56. The topological polar surface area (TPSA) is 55.4 Å². The van der Waals surface area contributed by atoms with Gasteiger partial charge in [-0.3, -0.25) is 9.59 Å². The first kappa shape index (κ1) is 16.7. The predicted molar refractivity (Wildman–Crippen MR) is 89.1 cm³/mol. The molecule has 1 unspecified atom stereocenters. The maximum absolute atomic E-state index is 12.3. The molecule has 23 heavy (non-hydrogen) atoms. The Balaban J connectivity index is 2.06. The molecule has 0 aliphatic rings. The monoisotopic (exact) mass is 311 g/mol. The molecule has 2 rings (SSSR count). The zero-order valence-corrected chi connectivity index (χ0v) is 13.2. The van der Waals surface area contributed by atoms with E-state index in [1.54, 1.807) is 19.1 Å². The van der Waals surface area contributed by atoms with Gasteiger partial charge in [-0.2, -0.15) is 0 Å². The predicted octanol–water partition coefficient (Wildman–Crippen LogP) is 2.98. The fourth-order valence-electron chi connectivity index (χ4n) is 2.35. The van der Waals surface area contributed by atoms with Gasteiger partial charge in [-0.05, 0) is 31.0 Å². The molecule has 4 heteroatoms. The minimum Gasteiger partial charge on any atom is -0.466 e. The van der Waals surface area contributed by atoms with Gasteiger partial charge in [-0.15, -0.1) is 0 Å². The molecule has 1 N–H and O–H groups in total. The van der Waals surface area contributed by atoms with E-state index < -0.39 is 0 Å². The summed E-state index contributed by atoms with van der Waals surface area (Å²) in [4.78, 5) is 24.1. The van der Waals surface area contributed by atoms with Gasteiger partial charge in [0.1, 0.15) is 0 Å². The average molecular weight is 311 g/mol. The molecule has 0 spiro atoms. The molecule has 0 bridgehead atoms. The second-order valence-corrected chi connectivity index (χ2v) is 5.24. The van der Waals surface area contributed by atoms with Crippen LogP contribution in [-0.4, -0.2) is 24.5 Å². The number of carbonyl (C=O) groups is 2. The van der Waals surface area contributed by atoms with Crippen molar-refractivity contribution in [2.24, 2.45) is 0 Å². The van der Waals surface area contributed by atoms with E-state index in [4.69, 9.17) is 4.74 Å². The molecule has 2 aromatic carbocycles. The summed E-state index contributed by atoms with van der Waals surface area (Å²) in [7, 11) is 0. The minimum absolute atomic E-state index is 0.154. The van der Waals surface area contributed by atoms with Gasteiger partial charge in [-0.1, -0.05) is 48.5 Å². The lowest BCUT2D eigenvalue weighted by atomic mass is 10.0. The van der Waals surface area contributed by atoms with Gasteiger partial charge >= 0.3 is 5.97 Å². The SMILES string of the molecule is CCOC(=O)CC(Cc1ccccc1)NC(=O)c1ccccc1. The first-order valence-corrected chi connectivity index (χ1v) is 7.74. The van der Waals surface area contributed by atoms with Crippen LogP contribution in [0.25, 0.3) is 0 Å². The van der Waals surface area contributed by atoms with Crippen LogP contribution in [0.1, 0.15) is 29.3 Å². The molecule has 4 nitrogen and oxygen atoms in total. The number of esters is 1. The van der Waals surface area contributed by atoms with Crippen molar-refractivity contribution in [3.8, 4) is 0 Å². The highest BCUT2D eigenvalue weighted by molar-refractivity contribution is 5.94. The summed E-state index contributed by atoms with van der Waals surface area (Å²) in [5.41, 5.74) is 1.64. The maximum Gasteiger partial charge on any atom is 0.307 e. The van der Waals surface area contributed by atoms with Gasteiger partial charge in [0, 0.05) is 11.6 Å². The summed E-state index contributed by atoms with van der Waals surface area (Å²) in [6, 6.07) is 18.5. The number of amides is 1. The van der Waals surface area contributed by atoms with Crippen LogP contribution >= 0.6 is 0 Å². The van der Waals surface area contributed by atoms with Crippen LogP contribution in [0.3, 0.4) is 0 Å². The molecule has 1 amide bonds. The Hall–Kier alpha value is -2.62. The van der Waals surface area contributed by atoms with Crippen LogP contribution < -0.4 is 5.32 Å². The van der Waals surface area contributed by atoms with Gasteiger partial charge in [0.05, 0.1) is 13.0 Å². The number of rotatable bonds is 7. The normalized spacial score (nSPS) is 11.5. The van der Waals surface area contributed by atoms with E-state index in [0.717, 1.165) is 5.56 Å². The highest BCUT2D eigenvalue weighted by Gasteiger charge is 2.18. The van der Waals surface area contributed by atoms with Crippen LogP contribution in [0.2, 0.25) is 0 Å². The summed E-state index contributed by atoms with van der Waals surface area (Å²) in [5.74, 6) is -0.488. The van der Waals surface area contributed by atoms with Gasteiger partial charge in [0.25, 0.3) is 5.91 Å². The highest BCUT2D eigenvalue weighted by Crippen LogP contribution is 2.08. The third-order valence-corrected chi connectivity index (χ3v) is 3.41. The fraction of sp³-hybridized carbons (Fsp3) is 0.263. The molecule has 0 heterocycles. The number of benzene rings is 2. The molecular formula is C19H21NO3. The third kappa shape index (κ3) is 5.58. The third-order valence-electron chi connectivity index (χ3n) is 3.41. The maximum atomic E-state index is 12.3. The lowest BCUT2D eigenvalue weighted by molar-refractivity contribution is -0.143. The molecule has 0 fully saturated rings. The zero-order chi connectivity index (χ0) is 16.5. The van der Waals surface area contributed by atoms with Crippen LogP contribution in [0, 0.1) is 0 Å². The first-order valence-electron chi connectivity index (χ1n) is 7.74. The largest absolute Gasteiger partial charge is 0.466 e. The quantitative estimate of drug-likeness (QED) is 0.800. The smallest absolute Gasteiger partial charge is 0.307 e. The molecular weight excluding hydrogens is 290 g/mol. The van der Waals surface area contributed by atoms with E-state index in [1.807, 2.05) is 48.5 Å². The molecule has 0 aromatic heterocycles. The van der Waals surface area contributed by atoms with Gasteiger partial charge in [-0.25, -0.2) is 0 Å². The lowest BCUT2D eigenvalue weighted by Gasteiger charge is -2.18. The second kappa shape index (κ2) is 8.73. The van der Waals surface area contributed by atoms with Crippen LogP contribution in [-0.2, 0) is 16.0 Å². The Bertz CT molecular complexity index is 626. The van der Waals surface area contributed by atoms with E-state index in [0.29, 0.717) is 18.6 Å². The Morgan fingerprint density at radius 3 is 2.22 bits per heavy atom. The molecule has 0 saturated heterocycles. The molecule has 0 aliphatic heterocycles. The molecule has 0 radical (unpaired) electrons. The van der Waals surface area contributed by atoms with Crippen molar-refractivity contribution in [1.82, 2.24) is 5.32 Å². The van der Waals surface area contributed by atoms with Gasteiger partial charge < -0.3 is 10.1 Å². The number of carbonyl (C=O) groups excluding carboxylic acids is 2. The zero-order valence-electron chi connectivity index (χ0n) is 13.2. The minimum atomic E-state index is -0.304. The highest BCUT2D eigenvalue weighted by atomic mass is 16.5. The van der Waals surface area contributed by atoms with Crippen LogP contribution in [0.15, 0.2) is 60.7 Å². The van der Waals surface area contributed by atoms with Crippen molar-refractivity contribution in [1.29, 1.82) is 0 Å². The van der Waals surface area contributed by atoms with Gasteiger partial charge in [0.2, 0.25) is 0 Å². The number of nitrogens with one attached hydrogen (secondary N) is 1. The molecule has 1 atom stereocenters. The Morgan fingerprint density at radius 2 is 1.61 bits per heavy atom. The lowest BCUT2D eigenvalue weighted by Crippen LogP contribution is -2.38. The Kier molecular flexibility index (Phi) is 6.36. The molecule has 0 saturated carbocycles. The van der Waals surface area contributed by atoms with Crippen molar-refractivity contribution >= 4 is 11.9 Å². The van der Waals surface area contributed by atoms with Crippen LogP contribution in [0.5, 0.6) is 0 Å². The number of ether oxygens (including phenoxy) is 1. The van der Waals surface area contributed by atoms with Crippen molar-refractivity contribution in [3.05, 3.63) is 71.8 Å². The molecule has 2 aromatic rings. The Morgan fingerprint density at radius 1 is 1.00 bits per heavy atom. The van der Waals surface area contributed by atoms with Crippen molar-refractivity contribution < 1.29 is 14.3 Å². The van der Waals surface area contributed by atoms with Crippen molar-refractivity contribution in [3.63, 3.8) is 0 Å². The van der Waals surface area contributed by atoms with E-state index in [2.05, 4.69) is 5.32 Å². The number of hydrogen-bond acceptors (Lipinski definition) is 3. The molecule has 0 aliphatic carbocycles. The number of hydrogen-bond donors (Lipinski definition) is 1. The molecule has 120 valence electrons. The summed E-state index contributed by atoms with van der Waals surface area (Å²) >= 11 is 0. The first-order chi connectivity index (χ1) is 11.2. The van der Waals surface area contributed by atoms with E-state index in [-0.39, 0.29) is 24.3 Å². The summed E-state index contributed by atoms with van der Waals surface area (Å²) in [6.45, 7) is 2.11. The van der Waals surface area contributed by atoms with E-state index >= 15 is 0 Å². The second-order valence-electron chi connectivity index (χ2n) is 5.24. The summed E-state index contributed by atoms with van der Waals surface area (Å²) in [5, 5.41) is 2.93.